The first-order chi connectivity index (χ1) is 12.6. The van der Waals surface area contributed by atoms with Gasteiger partial charge in [0.05, 0.1) is 0 Å². The van der Waals surface area contributed by atoms with E-state index in [0.29, 0.717) is 19.5 Å². The first-order valence-electron chi connectivity index (χ1n) is 9.59. The third-order valence-electron chi connectivity index (χ3n) is 5.32. The van der Waals surface area contributed by atoms with Crippen molar-refractivity contribution >= 4 is 22.9 Å². The summed E-state index contributed by atoms with van der Waals surface area (Å²) in [6.45, 7) is 7.43. The SMILES string of the molecule is CC1CCN(Cc2ccccc2CNC(=O)CCN2CCSC2=O)CC1. The highest BCUT2D eigenvalue weighted by Crippen LogP contribution is 2.20. The van der Waals surface area contributed by atoms with Gasteiger partial charge in [0, 0.05) is 38.4 Å². The van der Waals surface area contributed by atoms with E-state index in [1.165, 1.54) is 35.7 Å². The average Bonchev–Trinajstić information content (AvgIpc) is 3.06. The lowest BCUT2D eigenvalue weighted by Gasteiger charge is -2.30. The molecule has 6 heteroatoms. The molecule has 0 aliphatic carbocycles. The van der Waals surface area contributed by atoms with E-state index in [4.69, 9.17) is 0 Å². The average molecular weight is 376 g/mol. The molecule has 0 aromatic heterocycles. The number of amides is 2. The molecule has 2 heterocycles. The van der Waals surface area contributed by atoms with Crippen LogP contribution in [0.1, 0.15) is 37.3 Å². The van der Waals surface area contributed by atoms with Gasteiger partial charge in [0.2, 0.25) is 5.91 Å². The summed E-state index contributed by atoms with van der Waals surface area (Å²) in [5.41, 5.74) is 2.49. The van der Waals surface area contributed by atoms with Crippen molar-refractivity contribution in [2.75, 3.05) is 31.9 Å². The van der Waals surface area contributed by atoms with Crippen LogP contribution in [0.2, 0.25) is 0 Å². The van der Waals surface area contributed by atoms with Crippen molar-refractivity contribution in [3.63, 3.8) is 0 Å². The Morgan fingerprint density at radius 2 is 1.92 bits per heavy atom. The van der Waals surface area contributed by atoms with Gasteiger partial charge in [-0.05, 0) is 43.0 Å². The molecule has 3 rings (SSSR count). The number of hydrogen-bond acceptors (Lipinski definition) is 4. The second kappa shape index (κ2) is 9.42. The number of nitrogens with one attached hydrogen (secondary N) is 1. The van der Waals surface area contributed by atoms with Crippen LogP contribution in [0.5, 0.6) is 0 Å². The van der Waals surface area contributed by atoms with Crippen LogP contribution in [-0.2, 0) is 17.9 Å². The van der Waals surface area contributed by atoms with Gasteiger partial charge >= 0.3 is 0 Å². The molecule has 2 aliphatic heterocycles. The predicted octanol–water partition coefficient (Wildman–Crippen LogP) is 3.09. The highest BCUT2D eigenvalue weighted by atomic mass is 32.2. The summed E-state index contributed by atoms with van der Waals surface area (Å²) in [6, 6.07) is 8.37. The third-order valence-corrected chi connectivity index (χ3v) is 6.21. The zero-order chi connectivity index (χ0) is 18.4. The zero-order valence-corrected chi connectivity index (χ0v) is 16.4. The van der Waals surface area contributed by atoms with Gasteiger partial charge in [0.15, 0.2) is 0 Å². The minimum Gasteiger partial charge on any atom is -0.352 e. The number of hydrogen-bond donors (Lipinski definition) is 1. The summed E-state index contributed by atoms with van der Waals surface area (Å²) in [5, 5.41) is 3.12. The number of carbonyl (C=O) groups is 2. The quantitative estimate of drug-likeness (QED) is 0.796. The van der Waals surface area contributed by atoms with Gasteiger partial charge in [-0.3, -0.25) is 14.5 Å². The monoisotopic (exact) mass is 375 g/mol. The van der Waals surface area contributed by atoms with E-state index in [-0.39, 0.29) is 11.1 Å². The van der Waals surface area contributed by atoms with Gasteiger partial charge in [-0.15, -0.1) is 0 Å². The fraction of sp³-hybridized carbons (Fsp3) is 0.600. The van der Waals surface area contributed by atoms with E-state index in [1.54, 1.807) is 4.90 Å². The Morgan fingerprint density at radius 1 is 1.19 bits per heavy atom. The molecule has 2 fully saturated rings. The summed E-state index contributed by atoms with van der Waals surface area (Å²) >= 11 is 1.34. The molecule has 0 saturated carbocycles. The smallest absolute Gasteiger partial charge is 0.281 e. The Morgan fingerprint density at radius 3 is 2.62 bits per heavy atom. The van der Waals surface area contributed by atoms with E-state index in [0.717, 1.165) is 37.8 Å². The van der Waals surface area contributed by atoms with Gasteiger partial charge in [0.25, 0.3) is 5.24 Å². The lowest BCUT2D eigenvalue weighted by atomic mass is 9.98. The molecule has 0 spiro atoms. The molecule has 0 radical (unpaired) electrons. The van der Waals surface area contributed by atoms with Gasteiger partial charge in [0.1, 0.15) is 0 Å². The first-order valence-corrected chi connectivity index (χ1v) is 10.6. The van der Waals surface area contributed by atoms with Crippen molar-refractivity contribution in [3.05, 3.63) is 35.4 Å². The lowest BCUT2D eigenvalue weighted by Crippen LogP contribution is -2.33. The fourth-order valence-corrected chi connectivity index (χ4v) is 4.34. The molecular formula is C20H29N3O2S. The predicted molar refractivity (Wildman–Crippen MR) is 106 cm³/mol. The van der Waals surface area contributed by atoms with Crippen LogP contribution < -0.4 is 5.32 Å². The van der Waals surface area contributed by atoms with Crippen molar-refractivity contribution in [3.8, 4) is 0 Å². The Bertz CT molecular complexity index is 629. The van der Waals surface area contributed by atoms with Crippen molar-refractivity contribution in [1.82, 2.24) is 15.1 Å². The number of thioether (sulfide) groups is 1. The summed E-state index contributed by atoms with van der Waals surface area (Å²) in [5.74, 6) is 1.68. The van der Waals surface area contributed by atoms with E-state index >= 15 is 0 Å². The Hall–Kier alpha value is -1.53. The summed E-state index contributed by atoms with van der Waals surface area (Å²) in [6.07, 6.45) is 2.91. The van der Waals surface area contributed by atoms with Gasteiger partial charge < -0.3 is 10.2 Å². The Labute approximate surface area is 160 Å². The maximum Gasteiger partial charge on any atom is 0.281 e. The van der Waals surface area contributed by atoms with Gasteiger partial charge in [-0.25, -0.2) is 0 Å². The molecule has 1 aromatic rings. The minimum absolute atomic E-state index is 0.0105. The van der Waals surface area contributed by atoms with E-state index < -0.39 is 0 Å². The highest BCUT2D eigenvalue weighted by Gasteiger charge is 2.21. The standard InChI is InChI=1S/C20H29N3O2S/c1-16-6-9-22(10-7-16)15-18-5-3-2-4-17(18)14-21-19(24)8-11-23-12-13-26-20(23)25/h2-5,16H,6-15H2,1H3,(H,21,24). The maximum absolute atomic E-state index is 12.2. The zero-order valence-electron chi connectivity index (χ0n) is 15.6. The molecule has 2 aliphatic rings. The molecule has 2 amide bonds. The van der Waals surface area contributed by atoms with Crippen LogP contribution in [-0.4, -0.2) is 52.9 Å². The molecule has 26 heavy (non-hydrogen) atoms. The number of likely N-dealkylation sites (tertiary alicyclic amines) is 1. The molecule has 0 bridgehead atoms. The summed E-state index contributed by atoms with van der Waals surface area (Å²) < 4.78 is 0. The summed E-state index contributed by atoms with van der Waals surface area (Å²) in [7, 11) is 0. The van der Waals surface area contributed by atoms with Crippen molar-refractivity contribution in [1.29, 1.82) is 0 Å². The lowest BCUT2D eigenvalue weighted by molar-refractivity contribution is -0.121. The van der Waals surface area contributed by atoms with Gasteiger partial charge in [-0.1, -0.05) is 43.0 Å². The normalized spacial score (nSPS) is 19.1. The fourth-order valence-electron chi connectivity index (χ4n) is 3.49. The van der Waals surface area contributed by atoms with Crippen LogP contribution in [0.4, 0.5) is 4.79 Å². The van der Waals surface area contributed by atoms with Crippen molar-refractivity contribution < 1.29 is 9.59 Å². The molecule has 1 N–H and O–H groups in total. The second-order valence-corrected chi connectivity index (χ2v) is 8.40. The molecule has 0 atom stereocenters. The molecule has 0 unspecified atom stereocenters. The molecular weight excluding hydrogens is 346 g/mol. The van der Waals surface area contributed by atoms with E-state index in [9.17, 15) is 9.59 Å². The number of benzene rings is 1. The molecule has 1 aromatic carbocycles. The Balaban J connectivity index is 1.46. The van der Waals surface area contributed by atoms with Crippen LogP contribution in [0.25, 0.3) is 0 Å². The number of nitrogens with zero attached hydrogens (tertiary/aromatic N) is 2. The molecule has 2 saturated heterocycles. The van der Waals surface area contributed by atoms with E-state index in [2.05, 4.69) is 35.3 Å². The largest absolute Gasteiger partial charge is 0.352 e. The van der Waals surface area contributed by atoms with E-state index in [1.807, 2.05) is 6.07 Å². The van der Waals surface area contributed by atoms with Gasteiger partial charge in [-0.2, -0.15) is 0 Å². The maximum atomic E-state index is 12.2. The van der Waals surface area contributed by atoms with Crippen molar-refractivity contribution in [2.45, 2.75) is 39.3 Å². The van der Waals surface area contributed by atoms with Crippen LogP contribution >= 0.6 is 11.8 Å². The number of rotatable bonds is 7. The second-order valence-electron chi connectivity index (χ2n) is 7.36. The first kappa shape index (κ1) is 19.2. The molecule has 142 valence electrons. The number of piperidine rings is 1. The summed E-state index contributed by atoms with van der Waals surface area (Å²) in [4.78, 5) is 28.0. The Kier molecular flexibility index (Phi) is 6.97. The van der Waals surface area contributed by atoms with Crippen LogP contribution in [0.3, 0.4) is 0 Å². The third kappa shape index (κ3) is 5.48. The van der Waals surface area contributed by atoms with Crippen LogP contribution in [0.15, 0.2) is 24.3 Å². The molecule has 5 nitrogen and oxygen atoms in total. The highest BCUT2D eigenvalue weighted by molar-refractivity contribution is 8.13. The minimum atomic E-state index is 0.0105. The number of carbonyl (C=O) groups excluding carboxylic acids is 2. The van der Waals surface area contributed by atoms with Crippen molar-refractivity contribution in [2.24, 2.45) is 5.92 Å². The topological polar surface area (TPSA) is 52.7 Å². The van der Waals surface area contributed by atoms with Crippen LogP contribution in [0, 0.1) is 5.92 Å².